The highest BCUT2D eigenvalue weighted by Gasteiger charge is 2.32. The summed E-state index contributed by atoms with van der Waals surface area (Å²) in [5, 5.41) is 2.59. The van der Waals surface area contributed by atoms with Crippen molar-refractivity contribution < 1.29 is 31.5 Å². The molecule has 2 N–H and O–H groups in total. The number of carbonyl (C=O) groups is 2. The van der Waals surface area contributed by atoms with Crippen LogP contribution in [-0.4, -0.2) is 33.3 Å². The first-order valence-electron chi connectivity index (χ1n) is 10.5. The summed E-state index contributed by atoms with van der Waals surface area (Å²) in [5.41, 5.74) is -0.312. The highest BCUT2D eigenvalue weighted by atomic mass is 19.4. The fraction of sp³-hybridized carbons (Fsp3) is 0.304. The summed E-state index contributed by atoms with van der Waals surface area (Å²) < 4.78 is 66.6. The zero-order chi connectivity index (χ0) is 25.9. The van der Waals surface area contributed by atoms with Crippen molar-refractivity contribution in [2.24, 2.45) is 5.92 Å². The minimum Gasteiger partial charge on any atom is -0.350 e. The molecule has 0 spiro atoms. The summed E-state index contributed by atoms with van der Waals surface area (Å²) in [5.74, 6) is -2.24. The normalized spacial score (nSPS) is 11.7. The molecule has 0 unspecified atom stereocenters. The predicted octanol–water partition coefficient (Wildman–Crippen LogP) is 4.94. The molecule has 35 heavy (non-hydrogen) atoms. The molecular weight excluding hydrogens is 473 g/mol. The van der Waals surface area contributed by atoms with Crippen molar-refractivity contribution >= 4 is 17.8 Å². The van der Waals surface area contributed by atoms with Crippen LogP contribution in [0.15, 0.2) is 42.6 Å². The highest BCUT2D eigenvalue weighted by Crippen LogP contribution is 2.32. The van der Waals surface area contributed by atoms with Gasteiger partial charge in [-0.2, -0.15) is 22.0 Å². The first-order chi connectivity index (χ1) is 16.4. The fourth-order valence-corrected chi connectivity index (χ4v) is 3.21. The minimum absolute atomic E-state index is 0.0865. The number of nitrogens with one attached hydrogen (secondary N) is 2. The van der Waals surface area contributed by atoms with Crippen molar-refractivity contribution in [3.8, 4) is 11.3 Å². The number of anilines is 1. The fourth-order valence-electron chi connectivity index (χ4n) is 3.21. The van der Waals surface area contributed by atoms with Crippen LogP contribution >= 0.6 is 0 Å². The van der Waals surface area contributed by atoms with Crippen LogP contribution in [0.2, 0.25) is 0 Å². The lowest BCUT2D eigenvalue weighted by Gasteiger charge is -2.20. The van der Waals surface area contributed by atoms with Crippen molar-refractivity contribution in [1.29, 1.82) is 0 Å². The van der Waals surface area contributed by atoms with E-state index in [4.69, 9.17) is 0 Å². The van der Waals surface area contributed by atoms with Crippen LogP contribution in [0.1, 0.15) is 41.2 Å². The predicted molar refractivity (Wildman–Crippen MR) is 117 cm³/mol. The quantitative estimate of drug-likeness (QED) is 0.359. The number of carbonyl (C=O) groups excluding carboxylic acids is 2. The molecule has 7 nitrogen and oxygen atoms in total. The van der Waals surface area contributed by atoms with Gasteiger partial charge in [0.05, 0.1) is 29.1 Å². The molecule has 2 aromatic heterocycles. The molecule has 0 radical (unpaired) electrons. The maximum atomic E-state index is 14.0. The largest absolute Gasteiger partial charge is 0.416 e. The van der Waals surface area contributed by atoms with E-state index in [-0.39, 0.29) is 51.5 Å². The summed E-state index contributed by atoms with van der Waals surface area (Å²) in [6, 6.07) is 6.74. The number of hydrogen-bond donors (Lipinski definition) is 2. The zero-order valence-electron chi connectivity index (χ0n) is 19.0. The Labute approximate surface area is 197 Å². The van der Waals surface area contributed by atoms with Crippen LogP contribution in [0.5, 0.6) is 0 Å². The van der Waals surface area contributed by atoms with Gasteiger partial charge in [-0.1, -0.05) is 26.0 Å². The lowest BCUT2D eigenvalue weighted by molar-refractivity contribution is -0.137. The Morgan fingerprint density at radius 3 is 2.34 bits per heavy atom. The zero-order valence-corrected chi connectivity index (χ0v) is 19.0. The van der Waals surface area contributed by atoms with Gasteiger partial charge < -0.3 is 10.3 Å². The molecule has 12 heteroatoms. The van der Waals surface area contributed by atoms with Gasteiger partial charge in [0.25, 0.3) is 5.91 Å². The van der Waals surface area contributed by atoms with Gasteiger partial charge in [0.2, 0.25) is 11.9 Å². The van der Waals surface area contributed by atoms with Crippen LogP contribution < -0.4 is 10.2 Å². The number of rotatable bonds is 7. The summed E-state index contributed by atoms with van der Waals surface area (Å²) in [7, 11) is 0. The van der Waals surface area contributed by atoms with Crippen LogP contribution in [0.4, 0.5) is 27.9 Å². The molecule has 1 aromatic carbocycles. The van der Waals surface area contributed by atoms with Crippen molar-refractivity contribution in [3.63, 3.8) is 0 Å². The Balaban J connectivity index is 1.93. The molecular formula is C23H22F5N5O2. The molecule has 0 aliphatic heterocycles. The minimum atomic E-state index is -4.53. The molecule has 0 saturated heterocycles. The van der Waals surface area contributed by atoms with Gasteiger partial charge in [-0.15, -0.1) is 0 Å². The number of amides is 2. The van der Waals surface area contributed by atoms with Crippen molar-refractivity contribution in [1.82, 2.24) is 20.3 Å². The number of alkyl halides is 5. The number of imidazole rings is 1. The van der Waals surface area contributed by atoms with Gasteiger partial charge in [0.1, 0.15) is 0 Å². The third kappa shape index (κ3) is 5.81. The second-order valence-electron chi connectivity index (χ2n) is 7.93. The summed E-state index contributed by atoms with van der Waals surface area (Å²) in [6.45, 7) is 1.39. The molecule has 0 saturated carbocycles. The molecule has 0 aliphatic rings. The topological polar surface area (TPSA) is 91.0 Å². The van der Waals surface area contributed by atoms with Crippen molar-refractivity contribution in [2.45, 2.75) is 40.0 Å². The van der Waals surface area contributed by atoms with Crippen LogP contribution in [0.3, 0.4) is 0 Å². The Morgan fingerprint density at radius 2 is 1.77 bits per heavy atom. The number of pyridine rings is 1. The number of benzene rings is 1. The number of aromatic amines is 1. The van der Waals surface area contributed by atoms with E-state index in [1.807, 2.05) is 0 Å². The van der Waals surface area contributed by atoms with E-state index in [1.54, 1.807) is 13.8 Å². The summed E-state index contributed by atoms with van der Waals surface area (Å²) >= 11 is 0. The van der Waals surface area contributed by atoms with E-state index < -0.39 is 30.1 Å². The SMILES string of the molecule is Cc1[nH]c(N(C(=O)c2cccnc2CNC(=O)C(C)C)C(F)F)nc1-c1ccc(C(F)(F)F)cc1. The smallest absolute Gasteiger partial charge is 0.350 e. The van der Waals surface area contributed by atoms with Gasteiger partial charge in [0.15, 0.2) is 0 Å². The van der Waals surface area contributed by atoms with E-state index >= 15 is 0 Å². The molecule has 3 aromatic rings. The van der Waals surface area contributed by atoms with Crippen LogP contribution in [0.25, 0.3) is 11.3 Å². The number of hydrogen-bond acceptors (Lipinski definition) is 4. The molecule has 2 heterocycles. The highest BCUT2D eigenvalue weighted by molar-refractivity contribution is 6.06. The van der Waals surface area contributed by atoms with E-state index in [9.17, 15) is 31.5 Å². The molecule has 0 bridgehead atoms. The second kappa shape index (κ2) is 10.2. The van der Waals surface area contributed by atoms with Gasteiger partial charge in [-0.05, 0) is 31.2 Å². The van der Waals surface area contributed by atoms with Gasteiger partial charge in [-0.25, -0.2) is 9.88 Å². The standard InChI is InChI=1S/C23H22F5N5O2/c1-12(2)19(34)30-11-17-16(5-4-10-29-17)20(35)33(21(24)25)22-31-13(3)18(32-22)14-6-8-15(9-7-14)23(26,27)28/h4-10,12,21H,11H2,1-3H3,(H,30,34)(H,31,32). The van der Waals surface area contributed by atoms with E-state index in [2.05, 4.69) is 20.3 Å². The van der Waals surface area contributed by atoms with Crippen molar-refractivity contribution in [2.75, 3.05) is 4.90 Å². The molecule has 0 atom stereocenters. The van der Waals surface area contributed by atoms with Gasteiger partial charge in [0, 0.05) is 23.4 Å². The van der Waals surface area contributed by atoms with Gasteiger partial charge in [-0.3, -0.25) is 14.6 Å². The third-order valence-electron chi connectivity index (χ3n) is 5.08. The average molecular weight is 495 g/mol. The van der Waals surface area contributed by atoms with E-state index in [0.717, 1.165) is 12.1 Å². The maximum Gasteiger partial charge on any atom is 0.416 e. The molecule has 0 aliphatic carbocycles. The number of aromatic nitrogens is 3. The second-order valence-corrected chi connectivity index (χ2v) is 7.93. The van der Waals surface area contributed by atoms with E-state index in [0.29, 0.717) is 0 Å². The van der Waals surface area contributed by atoms with Crippen LogP contribution in [0, 0.1) is 12.8 Å². The molecule has 2 amide bonds. The van der Waals surface area contributed by atoms with Crippen molar-refractivity contribution in [3.05, 3.63) is 65.1 Å². The molecule has 186 valence electrons. The molecule has 3 rings (SSSR count). The number of H-pyrrole nitrogens is 1. The first kappa shape index (κ1) is 25.8. The van der Waals surface area contributed by atoms with Crippen LogP contribution in [-0.2, 0) is 17.5 Å². The number of aryl methyl sites for hydroxylation is 1. The lowest BCUT2D eigenvalue weighted by Crippen LogP contribution is -2.38. The van der Waals surface area contributed by atoms with E-state index in [1.165, 1.54) is 37.4 Å². The molecule has 0 fully saturated rings. The Bertz CT molecular complexity index is 1210. The maximum absolute atomic E-state index is 14.0. The lowest BCUT2D eigenvalue weighted by atomic mass is 10.1. The summed E-state index contributed by atoms with van der Waals surface area (Å²) in [6.07, 6.45) is -3.17. The Hall–Kier alpha value is -3.83. The average Bonchev–Trinajstić information content (AvgIpc) is 3.17. The third-order valence-corrected chi connectivity index (χ3v) is 5.08. The monoisotopic (exact) mass is 495 g/mol. The summed E-state index contributed by atoms with van der Waals surface area (Å²) in [4.78, 5) is 35.8. The number of nitrogens with zero attached hydrogens (tertiary/aromatic N) is 3. The number of halogens is 5. The Morgan fingerprint density at radius 1 is 1.11 bits per heavy atom. The Kier molecular flexibility index (Phi) is 7.51. The first-order valence-corrected chi connectivity index (χ1v) is 10.5. The van der Waals surface area contributed by atoms with Gasteiger partial charge >= 0.3 is 12.7 Å².